The average molecular weight is 314 g/mol. The quantitative estimate of drug-likeness (QED) is 0.819. The molecule has 0 radical (unpaired) electrons. The molecule has 0 bridgehead atoms. The molecule has 0 fully saturated rings. The molecule has 0 aliphatic rings. The van der Waals surface area contributed by atoms with E-state index in [1.807, 2.05) is 4.72 Å². The van der Waals surface area contributed by atoms with Crippen molar-refractivity contribution in [1.82, 2.24) is 5.32 Å². The first-order chi connectivity index (χ1) is 9.08. The summed E-state index contributed by atoms with van der Waals surface area (Å²) in [5, 5.41) is 1.79. The maximum absolute atomic E-state index is 13.1. The summed E-state index contributed by atoms with van der Waals surface area (Å²) in [4.78, 5) is 0. The van der Waals surface area contributed by atoms with Gasteiger partial charge in [-0.1, -0.05) is 0 Å². The van der Waals surface area contributed by atoms with Crippen LogP contribution >= 0.6 is 0 Å². The lowest BCUT2D eigenvalue weighted by atomic mass is 10.2. The van der Waals surface area contributed by atoms with Crippen LogP contribution in [-0.2, 0) is 16.2 Å². The van der Waals surface area contributed by atoms with Crippen LogP contribution in [0.15, 0.2) is 18.2 Å². The molecule has 0 spiro atoms. The molecule has 9 heteroatoms. The zero-order valence-electron chi connectivity index (χ0n) is 10.8. The van der Waals surface area contributed by atoms with Crippen LogP contribution in [0.25, 0.3) is 0 Å². The summed E-state index contributed by atoms with van der Waals surface area (Å²) in [5.41, 5.74) is -1.85. The van der Waals surface area contributed by atoms with E-state index in [1.54, 1.807) is 7.05 Å². The Bertz CT molecular complexity index is 572. The van der Waals surface area contributed by atoms with E-state index in [-0.39, 0.29) is 12.2 Å². The molecular weight excluding hydrogens is 300 g/mol. The fourth-order valence-electron chi connectivity index (χ4n) is 1.47. The van der Waals surface area contributed by atoms with Crippen molar-refractivity contribution in [2.75, 3.05) is 18.3 Å². The number of benzene rings is 1. The zero-order chi connectivity index (χ0) is 15.6. The van der Waals surface area contributed by atoms with Crippen LogP contribution in [0, 0.1) is 5.82 Å². The van der Waals surface area contributed by atoms with Crippen LogP contribution in [-0.4, -0.2) is 27.3 Å². The monoisotopic (exact) mass is 314 g/mol. The molecule has 1 atom stereocenters. The van der Waals surface area contributed by atoms with Crippen molar-refractivity contribution in [3.8, 4) is 0 Å². The van der Waals surface area contributed by atoms with E-state index in [9.17, 15) is 26.0 Å². The fraction of sp³-hybridized carbons (Fsp3) is 0.455. The number of sulfonamides is 1. The summed E-state index contributed by atoms with van der Waals surface area (Å²) in [6.07, 6.45) is -4.89. The second-order valence-electron chi connectivity index (χ2n) is 4.21. The molecule has 2 N–H and O–H groups in total. The highest BCUT2D eigenvalue weighted by Crippen LogP contribution is 2.33. The van der Waals surface area contributed by atoms with E-state index < -0.39 is 32.8 Å². The average Bonchev–Trinajstić information content (AvgIpc) is 2.30. The standard InChI is InChI=1S/C11H14F4N2O2S/c1-7(6-16-2)20(18,19)17-8-3-4-10(12)9(5-8)11(13,14)15/h3-5,7,16-17H,6H2,1-2H3. The van der Waals surface area contributed by atoms with Gasteiger partial charge < -0.3 is 5.32 Å². The maximum atomic E-state index is 13.1. The van der Waals surface area contributed by atoms with E-state index in [2.05, 4.69) is 5.32 Å². The summed E-state index contributed by atoms with van der Waals surface area (Å²) >= 11 is 0. The minimum atomic E-state index is -4.89. The predicted octanol–water partition coefficient (Wildman–Crippen LogP) is 2.19. The largest absolute Gasteiger partial charge is 0.419 e. The van der Waals surface area contributed by atoms with Crippen molar-refractivity contribution in [1.29, 1.82) is 0 Å². The normalized spacial score (nSPS) is 14.1. The van der Waals surface area contributed by atoms with Crippen LogP contribution in [0.1, 0.15) is 12.5 Å². The molecule has 1 aromatic rings. The lowest BCUT2D eigenvalue weighted by Crippen LogP contribution is -2.33. The van der Waals surface area contributed by atoms with Gasteiger partial charge in [0, 0.05) is 12.2 Å². The molecule has 1 aromatic carbocycles. The molecule has 0 aliphatic heterocycles. The van der Waals surface area contributed by atoms with Gasteiger partial charge >= 0.3 is 6.18 Å². The third-order valence-corrected chi connectivity index (χ3v) is 4.30. The second-order valence-corrected chi connectivity index (χ2v) is 6.31. The van der Waals surface area contributed by atoms with Crippen molar-refractivity contribution in [3.63, 3.8) is 0 Å². The summed E-state index contributed by atoms with van der Waals surface area (Å²) < 4.78 is 76.2. The number of hydrogen-bond donors (Lipinski definition) is 2. The minimum Gasteiger partial charge on any atom is -0.318 e. The summed E-state index contributed by atoms with van der Waals surface area (Å²) in [6, 6.07) is 1.94. The Morgan fingerprint density at radius 1 is 1.30 bits per heavy atom. The number of hydrogen-bond acceptors (Lipinski definition) is 3. The van der Waals surface area contributed by atoms with Gasteiger partial charge in [0.05, 0.1) is 10.8 Å². The van der Waals surface area contributed by atoms with Crippen molar-refractivity contribution < 1.29 is 26.0 Å². The number of rotatable bonds is 5. The number of halogens is 4. The molecule has 0 saturated carbocycles. The summed E-state index contributed by atoms with van der Waals surface area (Å²) in [6.45, 7) is 1.52. The van der Waals surface area contributed by atoms with Gasteiger partial charge in [0.15, 0.2) is 0 Å². The second kappa shape index (κ2) is 5.96. The van der Waals surface area contributed by atoms with Gasteiger partial charge in [0.2, 0.25) is 10.0 Å². The molecule has 20 heavy (non-hydrogen) atoms. The van der Waals surface area contributed by atoms with Crippen molar-refractivity contribution >= 4 is 15.7 Å². The minimum absolute atomic E-state index is 0.128. The van der Waals surface area contributed by atoms with Gasteiger partial charge in [0.1, 0.15) is 5.82 Å². The molecule has 0 aromatic heterocycles. The topological polar surface area (TPSA) is 58.2 Å². The van der Waals surface area contributed by atoms with E-state index in [4.69, 9.17) is 0 Å². The first-order valence-electron chi connectivity index (χ1n) is 5.61. The Kier molecular flexibility index (Phi) is 4.98. The molecule has 1 unspecified atom stereocenters. The zero-order valence-corrected chi connectivity index (χ0v) is 11.6. The molecule has 0 aliphatic carbocycles. The number of anilines is 1. The molecule has 0 heterocycles. The van der Waals surface area contributed by atoms with Gasteiger partial charge in [-0.05, 0) is 32.2 Å². The van der Waals surface area contributed by atoms with Gasteiger partial charge in [-0.2, -0.15) is 13.2 Å². The lowest BCUT2D eigenvalue weighted by Gasteiger charge is -2.15. The summed E-state index contributed by atoms with van der Waals surface area (Å²) in [7, 11) is -2.31. The third kappa shape index (κ3) is 4.07. The predicted molar refractivity (Wildman–Crippen MR) is 67.3 cm³/mol. The molecule has 0 amide bonds. The van der Waals surface area contributed by atoms with Gasteiger partial charge in [0.25, 0.3) is 0 Å². The molecule has 0 saturated heterocycles. The van der Waals surface area contributed by atoms with E-state index >= 15 is 0 Å². The third-order valence-electron chi connectivity index (χ3n) is 2.55. The molecular formula is C11H14F4N2O2S. The highest BCUT2D eigenvalue weighted by molar-refractivity contribution is 7.93. The highest BCUT2D eigenvalue weighted by Gasteiger charge is 2.34. The fourth-order valence-corrected chi connectivity index (χ4v) is 2.51. The molecule has 4 nitrogen and oxygen atoms in total. The van der Waals surface area contributed by atoms with E-state index in [1.165, 1.54) is 6.92 Å². The van der Waals surface area contributed by atoms with Crippen LogP contribution in [0.5, 0.6) is 0 Å². The Morgan fingerprint density at radius 3 is 2.40 bits per heavy atom. The van der Waals surface area contributed by atoms with E-state index in [0.29, 0.717) is 12.1 Å². The Hall–Kier alpha value is -1.35. The summed E-state index contributed by atoms with van der Waals surface area (Å²) in [5.74, 6) is -1.45. The first kappa shape index (κ1) is 16.7. The Morgan fingerprint density at radius 2 is 1.90 bits per heavy atom. The van der Waals surface area contributed by atoms with Gasteiger partial charge in [-0.3, -0.25) is 4.72 Å². The van der Waals surface area contributed by atoms with Gasteiger partial charge in [-0.15, -0.1) is 0 Å². The highest BCUT2D eigenvalue weighted by atomic mass is 32.2. The number of nitrogens with one attached hydrogen (secondary N) is 2. The van der Waals surface area contributed by atoms with Crippen LogP contribution in [0.4, 0.5) is 23.2 Å². The first-order valence-corrected chi connectivity index (χ1v) is 7.15. The Labute approximate surface area is 114 Å². The Balaban J connectivity index is 3.06. The van der Waals surface area contributed by atoms with Crippen LogP contribution < -0.4 is 10.0 Å². The lowest BCUT2D eigenvalue weighted by molar-refractivity contribution is -0.139. The smallest absolute Gasteiger partial charge is 0.318 e. The van der Waals surface area contributed by atoms with Crippen molar-refractivity contribution in [2.24, 2.45) is 0 Å². The van der Waals surface area contributed by atoms with Crippen molar-refractivity contribution in [2.45, 2.75) is 18.3 Å². The number of alkyl halides is 3. The molecule has 114 valence electrons. The maximum Gasteiger partial charge on any atom is 0.419 e. The molecule has 1 rings (SSSR count). The van der Waals surface area contributed by atoms with Crippen LogP contribution in [0.3, 0.4) is 0 Å². The van der Waals surface area contributed by atoms with Gasteiger partial charge in [-0.25, -0.2) is 12.8 Å². The SMILES string of the molecule is CNCC(C)S(=O)(=O)Nc1ccc(F)c(C(F)(F)F)c1. The van der Waals surface area contributed by atoms with Crippen molar-refractivity contribution in [3.05, 3.63) is 29.6 Å². The van der Waals surface area contributed by atoms with Crippen LogP contribution in [0.2, 0.25) is 0 Å². The van der Waals surface area contributed by atoms with E-state index in [0.717, 1.165) is 6.07 Å².